The van der Waals surface area contributed by atoms with Crippen LogP contribution in [-0.2, 0) is 18.0 Å². The van der Waals surface area contributed by atoms with Gasteiger partial charge in [0.2, 0.25) is 5.91 Å². The maximum atomic E-state index is 12.6. The highest BCUT2D eigenvalue weighted by atomic mass is 19.4. The van der Waals surface area contributed by atoms with E-state index in [4.69, 9.17) is 0 Å². The first kappa shape index (κ1) is 18.9. The molecule has 0 unspecified atom stereocenters. The van der Waals surface area contributed by atoms with Crippen LogP contribution < -0.4 is 10.2 Å². The smallest absolute Gasteiger partial charge is 0.356 e. The van der Waals surface area contributed by atoms with Gasteiger partial charge < -0.3 is 10.2 Å². The van der Waals surface area contributed by atoms with Gasteiger partial charge in [-0.2, -0.15) is 18.3 Å². The van der Waals surface area contributed by atoms with Crippen LogP contribution in [0.3, 0.4) is 0 Å². The highest BCUT2D eigenvalue weighted by molar-refractivity contribution is 5.91. The fourth-order valence-electron chi connectivity index (χ4n) is 2.94. The van der Waals surface area contributed by atoms with Crippen LogP contribution in [-0.4, -0.2) is 39.8 Å². The number of carbonyl (C=O) groups excluding carboxylic acids is 1. The number of piperidine rings is 1. The first-order valence-corrected chi connectivity index (χ1v) is 8.57. The number of rotatable bonds is 4. The van der Waals surface area contributed by atoms with Gasteiger partial charge in [0.05, 0.1) is 11.8 Å². The van der Waals surface area contributed by atoms with Crippen LogP contribution in [0.15, 0.2) is 36.8 Å². The number of anilines is 1. The molecule has 2 aromatic heterocycles. The second kappa shape index (κ2) is 7.81. The molecule has 27 heavy (non-hydrogen) atoms. The Morgan fingerprint density at radius 3 is 2.56 bits per heavy atom. The Balaban J connectivity index is 1.48. The van der Waals surface area contributed by atoms with Crippen LogP contribution in [0.1, 0.15) is 24.0 Å². The number of alkyl halides is 3. The standard InChI is InChI=1S/C18H20F3N5O/c1-25-12-13(10-23-25)2-5-17(27)24-15-6-8-26(9-7-15)16-4-3-14(11-22-16)18(19,20)21/h2-5,10-12,15H,6-9H2,1H3,(H,24,27)/b5-2+. The number of pyridine rings is 1. The van der Waals surface area contributed by atoms with Gasteiger partial charge in [0.15, 0.2) is 0 Å². The summed E-state index contributed by atoms with van der Waals surface area (Å²) in [5.74, 6) is 0.342. The fourth-order valence-corrected chi connectivity index (χ4v) is 2.94. The van der Waals surface area contributed by atoms with Crippen molar-refractivity contribution in [3.63, 3.8) is 0 Å². The maximum Gasteiger partial charge on any atom is 0.417 e. The van der Waals surface area contributed by atoms with E-state index in [0.29, 0.717) is 31.7 Å². The molecule has 144 valence electrons. The van der Waals surface area contributed by atoms with Gasteiger partial charge in [-0.15, -0.1) is 0 Å². The van der Waals surface area contributed by atoms with Gasteiger partial charge >= 0.3 is 6.18 Å². The molecule has 0 aromatic carbocycles. The summed E-state index contributed by atoms with van der Waals surface area (Å²) in [6, 6.07) is 2.46. The van der Waals surface area contributed by atoms with E-state index in [9.17, 15) is 18.0 Å². The van der Waals surface area contributed by atoms with E-state index in [-0.39, 0.29) is 11.9 Å². The van der Waals surface area contributed by atoms with Gasteiger partial charge in [0, 0.05) is 50.2 Å². The Hall–Kier alpha value is -2.84. The number of aromatic nitrogens is 3. The van der Waals surface area contributed by atoms with E-state index in [2.05, 4.69) is 15.4 Å². The van der Waals surface area contributed by atoms with Crippen molar-refractivity contribution in [2.24, 2.45) is 7.05 Å². The van der Waals surface area contributed by atoms with Crippen molar-refractivity contribution in [3.8, 4) is 0 Å². The molecule has 2 aromatic rings. The Labute approximate surface area is 154 Å². The molecule has 0 atom stereocenters. The predicted molar refractivity (Wildman–Crippen MR) is 94.9 cm³/mol. The Morgan fingerprint density at radius 1 is 1.26 bits per heavy atom. The van der Waals surface area contributed by atoms with Crippen molar-refractivity contribution in [1.29, 1.82) is 0 Å². The zero-order valence-electron chi connectivity index (χ0n) is 14.8. The molecule has 1 fully saturated rings. The maximum absolute atomic E-state index is 12.6. The predicted octanol–water partition coefficient (Wildman–Crippen LogP) is 2.63. The van der Waals surface area contributed by atoms with E-state index >= 15 is 0 Å². The van der Waals surface area contributed by atoms with Crippen LogP contribution in [0.5, 0.6) is 0 Å². The second-order valence-electron chi connectivity index (χ2n) is 6.45. The van der Waals surface area contributed by atoms with E-state index in [0.717, 1.165) is 17.8 Å². The second-order valence-corrected chi connectivity index (χ2v) is 6.45. The van der Waals surface area contributed by atoms with Crippen LogP contribution in [0.4, 0.5) is 19.0 Å². The first-order chi connectivity index (χ1) is 12.8. The van der Waals surface area contributed by atoms with Crippen LogP contribution in [0.2, 0.25) is 0 Å². The SMILES string of the molecule is Cn1cc(/C=C/C(=O)NC2CCN(c3ccc(C(F)(F)F)cn3)CC2)cn1. The number of aryl methyl sites for hydroxylation is 1. The molecule has 9 heteroatoms. The average molecular weight is 379 g/mol. The van der Waals surface area contributed by atoms with Crippen LogP contribution in [0, 0.1) is 0 Å². The summed E-state index contributed by atoms with van der Waals surface area (Å²) < 4.78 is 39.5. The Morgan fingerprint density at radius 2 is 2.00 bits per heavy atom. The summed E-state index contributed by atoms with van der Waals surface area (Å²) in [7, 11) is 1.80. The fraction of sp³-hybridized carbons (Fsp3) is 0.389. The number of halogens is 3. The molecule has 3 rings (SSSR count). The molecule has 1 amide bonds. The highest BCUT2D eigenvalue weighted by Gasteiger charge is 2.31. The molecule has 0 aliphatic carbocycles. The highest BCUT2D eigenvalue weighted by Crippen LogP contribution is 2.29. The number of amides is 1. The van der Waals surface area contributed by atoms with Gasteiger partial charge in [0.1, 0.15) is 5.82 Å². The molecular formula is C18H20F3N5O. The molecule has 1 aliphatic heterocycles. The Kier molecular flexibility index (Phi) is 5.48. The lowest BCUT2D eigenvalue weighted by atomic mass is 10.0. The van der Waals surface area contributed by atoms with Crippen molar-refractivity contribution in [3.05, 3.63) is 47.9 Å². The van der Waals surface area contributed by atoms with E-state index in [1.807, 2.05) is 4.90 Å². The molecule has 1 N–H and O–H groups in total. The summed E-state index contributed by atoms with van der Waals surface area (Å²) in [5.41, 5.74) is 0.0876. The average Bonchev–Trinajstić information content (AvgIpc) is 3.05. The third kappa shape index (κ3) is 5.08. The summed E-state index contributed by atoms with van der Waals surface area (Å²) in [4.78, 5) is 17.9. The molecule has 0 saturated carbocycles. The quantitative estimate of drug-likeness (QED) is 0.830. The lowest BCUT2D eigenvalue weighted by molar-refractivity contribution is -0.137. The Bertz CT molecular complexity index is 805. The molecule has 0 radical (unpaired) electrons. The number of hydrogen-bond acceptors (Lipinski definition) is 4. The van der Waals surface area contributed by atoms with E-state index in [1.54, 1.807) is 30.2 Å². The number of nitrogens with zero attached hydrogens (tertiary/aromatic N) is 4. The van der Waals surface area contributed by atoms with E-state index < -0.39 is 11.7 Å². The lowest BCUT2D eigenvalue weighted by Crippen LogP contribution is -2.44. The van der Waals surface area contributed by atoms with Gasteiger partial charge in [-0.05, 0) is 31.1 Å². The monoisotopic (exact) mass is 379 g/mol. The first-order valence-electron chi connectivity index (χ1n) is 8.57. The number of hydrogen-bond donors (Lipinski definition) is 1. The topological polar surface area (TPSA) is 63.1 Å². The number of carbonyl (C=O) groups is 1. The summed E-state index contributed by atoms with van der Waals surface area (Å²) >= 11 is 0. The van der Waals surface area contributed by atoms with Crippen molar-refractivity contribution < 1.29 is 18.0 Å². The summed E-state index contributed by atoms with van der Waals surface area (Å²) in [6.45, 7) is 1.24. The van der Waals surface area contributed by atoms with E-state index in [1.165, 1.54) is 12.1 Å². The normalized spacial score (nSPS) is 16.1. The third-order valence-corrected chi connectivity index (χ3v) is 4.39. The molecule has 1 saturated heterocycles. The molecule has 0 bridgehead atoms. The van der Waals surface area contributed by atoms with Crippen molar-refractivity contribution >= 4 is 17.8 Å². The van der Waals surface area contributed by atoms with Gasteiger partial charge in [-0.3, -0.25) is 9.48 Å². The molecule has 6 nitrogen and oxygen atoms in total. The van der Waals surface area contributed by atoms with Crippen LogP contribution >= 0.6 is 0 Å². The molecule has 0 spiro atoms. The van der Waals surface area contributed by atoms with Crippen molar-refractivity contribution in [2.45, 2.75) is 25.1 Å². The summed E-state index contributed by atoms with van der Waals surface area (Å²) in [6.07, 6.45) is 4.52. The van der Waals surface area contributed by atoms with Gasteiger partial charge in [-0.1, -0.05) is 0 Å². The van der Waals surface area contributed by atoms with Crippen molar-refractivity contribution in [1.82, 2.24) is 20.1 Å². The molecule has 3 heterocycles. The minimum absolute atomic E-state index is 0.0294. The molecule has 1 aliphatic rings. The van der Waals surface area contributed by atoms with Gasteiger partial charge in [-0.25, -0.2) is 4.98 Å². The van der Waals surface area contributed by atoms with Gasteiger partial charge in [0.25, 0.3) is 0 Å². The molecular weight excluding hydrogens is 359 g/mol. The zero-order chi connectivity index (χ0) is 19.4. The third-order valence-electron chi connectivity index (χ3n) is 4.39. The van der Waals surface area contributed by atoms with Crippen molar-refractivity contribution in [2.75, 3.05) is 18.0 Å². The largest absolute Gasteiger partial charge is 0.417 e. The minimum atomic E-state index is -4.38. The minimum Gasteiger partial charge on any atom is -0.356 e. The lowest BCUT2D eigenvalue weighted by Gasteiger charge is -2.33. The summed E-state index contributed by atoms with van der Waals surface area (Å²) in [5, 5.41) is 6.97. The van der Waals surface area contributed by atoms with Crippen LogP contribution in [0.25, 0.3) is 6.08 Å². The zero-order valence-corrected chi connectivity index (χ0v) is 14.8. The number of nitrogens with one attached hydrogen (secondary N) is 1.